The van der Waals surface area contributed by atoms with E-state index in [1.165, 1.54) is 12.1 Å². The van der Waals surface area contributed by atoms with Crippen LogP contribution in [0.25, 0.3) is 0 Å². The maximum atomic E-state index is 12.1. The van der Waals surface area contributed by atoms with Crippen molar-refractivity contribution in [2.75, 3.05) is 33.4 Å². The number of hydrogen-bond donors (Lipinski definition) is 2. The zero-order chi connectivity index (χ0) is 15.2. The van der Waals surface area contributed by atoms with Crippen molar-refractivity contribution in [3.05, 3.63) is 27.7 Å². The van der Waals surface area contributed by atoms with Gasteiger partial charge in [0, 0.05) is 36.8 Å². The lowest BCUT2D eigenvalue weighted by atomic mass is 10.2. The van der Waals surface area contributed by atoms with Gasteiger partial charge in [0.1, 0.15) is 0 Å². The van der Waals surface area contributed by atoms with Gasteiger partial charge in [0.25, 0.3) is 0 Å². The molecule has 2 N–H and O–H groups in total. The van der Waals surface area contributed by atoms with Crippen molar-refractivity contribution in [3.63, 3.8) is 0 Å². The van der Waals surface area contributed by atoms with Crippen LogP contribution in [0.3, 0.4) is 0 Å². The van der Waals surface area contributed by atoms with Crippen LogP contribution in [-0.2, 0) is 14.8 Å². The summed E-state index contributed by atoms with van der Waals surface area (Å²) in [5.74, 6) is 0. The van der Waals surface area contributed by atoms with E-state index in [1.54, 1.807) is 14.0 Å². The summed E-state index contributed by atoms with van der Waals surface area (Å²) in [6.45, 7) is 3.76. The van der Waals surface area contributed by atoms with Crippen molar-refractivity contribution in [1.29, 1.82) is 0 Å². The Bertz CT molecular complexity index is 527. The molecular weight excluding hydrogens is 323 g/mol. The standard InChI is InChI=1S/C12H18Cl2N2O3S/c1-9-11(13)7-10(8-12(9)14)20(17,18)16-4-3-15-5-6-19-2/h7-8,15-16H,3-6H2,1-2H3. The first-order valence-electron chi connectivity index (χ1n) is 6.03. The molecule has 5 nitrogen and oxygen atoms in total. The molecule has 1 rings (SSSR count). The van der Waals surface area contributed by atoms with E-state index < -0.39 is 10.0 Å². The number of nitrogens with one attached hydrogen (secondary N) is 2. The first-order valence-corrected chi connectivity index (χ1v) is 8.27. The van der Waals surface area contributed by atoms with E-state index in [0.717, 1.165) is 0 Å². The minimum Gasteiger partial charge on any atom is -0.383 e. The average molecular weight is 341 g/mol. The van der Waals surface area contributed by atoms with Crippen molar-refractivity contribution in [2.45, 2.75) is 11.8 Å². The molecule has 0 aliphatic rings. The highest BCUT2D eigenvalue weighted by atomic mass is 35.5. The number of halogens is 2. The monoisotopic (exact) mass is 340 g/mol. The van der Waals surface area contributed by atoms with Crippen molar-refractivity contribution in [3.8, 4) is 0 Å². The molecule has 0 bridgehead atoms. The molecule has 0 aliphatic carbocycles. The Kier molecular flexibility index (Phi) is 7.22. The maximum absolute atomic E-state index is 12.1. The lowest BCUT2D eigenvalue weighted by Crippen LogP contribution is -2.33. The Hall–Kier alpha value is -0.370. The molecule has 1 aromatic carbocycles. The second kappa shape index (κ2) is 8.17. The third-order valence-electron chi connectivity index (χ3n) is 2.64. The Morgan fingerprint density at radius 3 is 2.30 bits per heavy atom. The normalized spacial score (nSPS) is 11.8. The first kappa shape index (κ1) is 17.7. The van der Waals surface area contributed by atoms with Gasteiger partial charge < -0.3 is 10.1 Å². The minimum absolute atomic E-state index is 0.0648. The number of benzene rings is 1. The molecule has 1 aromatic rings. The van der Waals surface area contributed by atoms with Gasteiger partial charge in [-0.05, 0) is 24.6 Å². The summed E-state index contributed by atoms with van der Waals surface area (Å²) < 4.78 is 31.5. The van der Waals surface area contributed by atoms with Crippen LogP contribution >= 0.6 is 23.2 Å². The van der Waals surface area contributed by atoms with E-state index in [2.05, 4.69) is 10.0 Å². The molecule has 0 heterocycles. The quantitative estimate of drug-likeness (QED) is 0.708. The summed E-state index contributed by atoms with van der Waals surface area (Å²) in [4.78, 5) is 0.0648. The van der Waals surface area contributed by atoms with Gasteiger partial charge in [-0.25, -0.2) is 13.1 Å². The van der Waals surface area contributed by atoms with E-state index in [-0.39, 0.29) is 11.4 Å². The lowest BCUT2D eigenvalue weighted by molar-refractivity contribution is 0.199. The topological polar surface area (TPSA) is 67.4 Å². The van der Waals surface area contributed by atoms with E-state index in [1.807, 2.05) is 0 Å². The maximum Gasteiger partial charge on any atom is 0.240 e. The molecule has 0 radical (unpaired) electrons. The van der Waals surface area contributed by atoms with Gasteiger partial charge in [-0.3, -0.25) is 0 Å². The van der Waals surface area contributed by atoms with Gasteiger partial charge in [-0.15, -0.1) is 0 Å². The first-order chi connectivity index (χ1) is 9.38. The molecule has 0 amide bonds. The van der Waals surface area contributed by atoms with Crippen LogP contribution in [0, 0.1) is 6.92 Å². The zero-order valence-corrected chi connectivity index (χ0v) is 13.7. The van der Waals surface area contributed by atoms with Crippen LogP contribution in [0.2, 0.25) is 10.0 Å². The average Bonchev–Trinajstić information content (AvgIpc) is 2.39. The molecule has 8 heteroatoms. The fourth-order valence-electron chi connectivity index (χ4n) is 1.43. The summed E-state index contributed by atoms with van der Waals surface area (Å²) in [5.41, 5.74) is 0.661. The third kappa shape index (κ3) is 5.20. The minimum atomic E-state index is -3.60. The molecular formula is C12H18Cl2N2O3S. The summed E-state index contributed by atoms with van der Waals surface area (Å²) in [5, 5.41) is 3.70. The Balaban J connectivity index is 2.61. The smallest absolute Gasteiger partial charge is 0.240 e. The highest BCUT2D eigenvalue weighted by Crippen LogP contribution is 2.27. The fourth-order valence-corrected chi connectivity index (χ4v) is 3.13. The summed E-state index contributed by atoms with van der Waals surface area (Å²) in [6.07, 6.45) is 0. The van der Waals surface area contributed by atoms with E-state index >= 15 is 0 Å². The van der Waals surface area contributed by atoms with Gasteiger partial charge in [-0.1, -0.05) is 23.2 Å². The predicted molar refractivity (Wildman–Crippen MR) is 81.1 cm³/mol. The van der Waals surface area contributed by atoms with E-state index in [4.69, 9.17) is 27.9 Å². The van der Waals surface area contributed by atoms with Crippen LogP contribution in [0.15, 0.2) is 17.0 Å². The summed E-state index contributed by atoms with van der Waals surface area (Å²) in [7, 11) is -2.00. The van der Waals surface area contributed by atoms with Crippen LogP contribution in [-0.4, -0.2) is 41.8 Å². The highest BCUT2D eigenvalue weighted by molar-refractivity contribution is 7.89. The van der Waals surface area contributed by atoms with Crippen LogP contribution in [0.1, 0.15) is 5.56 Å². The van der Waals surface area contributed by atoms with Gasteiger partial charge in [-0.2, -0.15) is 0 Å². The van der Waals surface area contributed by atoms with Gasteiger partial charge in [0.05, 0.1) is 11.5 Å². The van der Waals surface area contributed by atoms with E-state index in [0.29, 0.717) is 35.3 Å². The van der Waals surface area contributed by atoms with Crippen molar-refractivity contribution >= 4 is 33.2 Å². The summed E-state index contributed by atoms with van der Waals surface area (Å²) in [6, 6.07) is 2.78. The Morgan fingerprint density at radius 2 is 1.75 bits per heavy atom. The molecule has 20 heavy (non-hydrogen) atoms. The lowest BCUT2D eigenvalue weighted by Gasteiger charge is -2.10. The number of hydrogen-bond acceptors (Lipinski definition) is 4. The molecule has 0 unspecified atom stereocenters. The van der Waals surface area contributed by atoms with Gasteiger partial charge >= 0.3 is 0 Å². The number of methoxy groups -OCH3 is 1. The molecule has 0 aliphatic heterocycles. The zero-order valence-electron chi connectivity index (χ0n) is 11.4. The molecule has 0 aromatic heterocycles. The van der Waals surface area contributed by atoms with Crippen LogP contribution in [0.5, 0.6) is 0 Å². The van der Waals surface area contributed by atoms with E-state index in [9.17, 15) is 8.42 Å². The molecule has 0 spiro atoms. The van der Waals surface area contributed by atoms with Gasteiger partial charge in [0.2, 0.25) is 10.0 Å². The van der Waals surface area contributed by atoms with Crippen LogP contribution < -0.4 is 10.0 Å². The van der Waals surface area contributed by atoms with Crippen LogP contribution in [0.4, 0.5) is 0 Å². The van der Waals surface area contributed by atoms with Crippen molar-refractivity contribution in [2.24, 2.45) is 0 Å². The number of sulfonamides is 1. The largest absolute Gasteiger partial charge is 0.383 e. The predicted octanol–water partition coefficient (Wildman–Crippen LogP) is 1.82. The fraction of sp³-hybridized carbons (Fsp3) is 0.500. The molecule has 0 saturated heterocycles. The number of ether oxygens (including phenoxy) is 1. The highest BCUT2D eigenvalue weighted by Gasteiger charge is 2.16. The molecule has 114 valence electrons. The van der Waals surface area contributed by atoms with Gasteiger partial charge in [0.15, 0.2) is 0 Å². The molecule has 0 saturated carbocycles. The van der Waals surface area contributed by atoms with Crippen molar-refractivity contribution in [1.82, 2.24) is 10.0 Å². The number of rotatable bonds is 8. The second-order valence-electron chi connectivity index (χ2n) is 4.15. The molecule has 0 atom stereocenters. The van der Waals surface area contributed by atoms with Crippen molar-refractivity contribution < 1.29 is 13.2 Å². The second-order valence-corrected chi connectivity index (χ2v) is 6.73. The third-order valence-corrected chi connectivity index (χ3v) is 4.87. The summed E-state index contributed by atoms with van der Waals surface area (Å²) >= 11 is 11.9. The molecule has 0 fully saturated rings. The Morgan fingerprint density at radius 1 is 1.15 bits per heavy atom. The Labute approximate surface area is 129 Å². The SMILES string of the molecule is COCCNCCNS(=O)(=O)c1cc(Cl)c(C)c(Cl)c1.